The van der Waals surface area contributed by atoms with Gasteiger partial charge in [0.1, 0.15) is 0 Å². The number of benzene rings is 2. The highest BCUT2D eigenvalue weighted by Crippen LogP contribution is 2.27. The maximum absolute atomic E-state index is 13.2. The largest absolute Gasteiger partial charge is 0.466 e. The molecule has 0 amide bonds. The van der Waals surface area contributed by atoms with E-state index >= 15 is 0 Å². The molecular formula is C27H39N3O4S. The Kier molecular flexibility index (Phi) is 10.3. The van der Waals surface area contributed by atoms with E-state index in [1.165, 1.54) is 4.31 Å². The van der Waals surface area contributed by atoms with Crippen LogP contribution in [0.15, 0.2) is 65.6 Å². The van der Waals surface area contributed by atoms with Crippen molar-refractivity contribution in [2.45, 2.75) is 50.1 Å². The molecule has 1 N–H and O–H groups in total. The molecule has 3 rings (SSSR count). The van der Waals surface area contributed by atoms with Crippen LogP contribution in [-0.4, -0.2) is 69.6 Å². The predicted molar refractivity (Wildman–Crippen MR) is 138 cm³/mol. The van der Waals surface area contributed by atoms with Crippen LogP contribution in [0.1, 0.15) is 44.6 Å². The minimum absolute atomic E-state index is 0.0461. The van der Waals surface area contributed by atoms with Gasteiger partial charge >= 0.3 is 5.97 Å². The first-order valence-electron chi connectivity index (χ1n) is 12.6. The second-order valence-electron chi connectivity index (χ2n) is 9.08. The van der Waals surface area contributed by atoms with E-state index in [1.54, 1.807) is 31.3 Å². The number of nitrogens with zero attached hydrogens (tertiary/aromatic N) is 2. The lowest BCUT2D eigenvalue weighted by molar-refractivity contribution is -0.150. The maximum atomic E-state index is 13.2. The van der Waals surface area contributed by atoms with Gasteiger partial charge in [-0.05, 0) is 56.3 Å². The molecule has 1 aliphatic heterocycles. The number of sulfonamides is 1. The Morgan fingerprint density at radius 2 is 1.77 bits per heavy atom. The molecule has 1 saturated heterocycles. The van der Waals surface area contributed by atoms with Crippen LogP contribution in [0.3, 0.4) is 0 Å². The lowest BCUT2D eigenvalue weighted by Crippen LogP contribution is -2.52. The van der Waals surface area contributed by atoms with E-state index in [1.807, 2.05) is 31.2 Å². The molecule has 0 spiro atoms. The van der Waals surface area contributed by atoms with Crippen LogP contribution in [0, 0.1) is 5.92 Å². The Bertz CT molecular complexity index is 1020. The van der Waals surface area contributed by atoms with Crippen molar-refractivity contribution in [1.82, 2.24) is 14.5 Å². The van der Waals surface area contributed by atoms with Crippen molar-refractivity contribution in [2.24, 2.45) is 5.92 Å². The summed E-state index contributed by atoms with van der Waals surface area (Å²) in [6.45, 7) is 7.15. The Labute approximate surface area is 210 Å². The van der Waals surface area contributed by atoms with E-state index < -0.39 is 10.0 Å². The third-order valence-electron chi connectivity index (χ3n) is 6.74. The van der Waals surface area contributed by atoms with Gasteiger partial charge in [-0.3, -0.25) is 9.69 Å². The van der Waals surface area contributed by atoms with Crippen molar-refractivity contribution in [3.63, 3.8) is 0 Å². The van der Waals surface area contributed by atoms with Gasteiger partial charge in [-0.15, -0.1) is 0 Å². The summed E-state index contributed by atoms with van der Waals surface area (Å²) in [7, 11) is -1.91. The number of ether oxygens (including phenoxy) is 1. The van der Waals surface area contributed by atoms with Crippen molar-refractivity contribution < 1.29 is 17.9 Å². The van der Waals surface area contributed by atoms with Crippen molar-refractivity contribution in [3.8, 4) is 0 Å². The zero-order chi connectivity index (χ0) is 25.3. The van der Waals surface area contributed by atoms with E-state index in [9.17, 15) is 13.2 Å². The van der Waals surface area contributed by atoms with E-state index in [4.69, 9.17) is 4.74 Å². The quantitative estimate of drug-likeness (QED) is 0.447. The molecule has 1 aliphatic rings. The van der Waals surface area contributed by atoms with Crippen molar-refractivity contribution >= 4 is 16.0 Å². The zero-order valence-corrected chi connectivity index (χ0v) is 21.9. The Morgan fingerprint density at radius 1 is 1.11 bits per heavy atom. The van der Waals surface area contributed by atoms with Gasteiger partial charge < -0.3 is 10.1 Å². The molecule has 3 atom stereocenters. The fourth-order valence-corrected chi connectivity index (χ4v) is 6.03. The molecule has 0 aromatic heterocycles. The molecule has 2 aromatic rings. The minimum Gasteiger partial charge on any atom is -0.466 e. The van der Waals surface area contributed by atoms with Crippen molar-refractivity contribution in [2.75, 3.05) is 39.8 Å². The van der Waals surface area contributed by atoms with Crippen LogP contribution in [0.4, 0.5) is 0 Å². The number of piperidine rings is 1. The molecule has 0 bridgehead atoms. The molecule has 192 valence electrons. The number of likely N-dealkylation sites (tertiary alicyclic amines) is 1. The van der Waals surface area contributed by atoms with E-state index in [0.29, 0.717) is 18.0 Å². The molecule has 0 aliphatic carbocycles. The Hall–Kier alpha value is -2.26. The minimum atomic E-state index is -3.57. The van der Waals surface area contributed by atoms with Gasteiger partial charge in [-0.2, -0.15) is 0 Å². The fraction of sp³-hybridized carbons (Fsp3) is 0.519. The number of likely N-dealkylation sites (N-methyl/N-ethyl adjacent to an activating group) is 1. The number of hydrogen-bond donors (Lipinski definition) is 1. The number of carbonyl (C=O) groups is 1. The van der Waals surface area contributed by atoms with Gasteiger partial charge in [-0.1, -0.05) is 55.5 Å². The van der Waals surface area contributed by atoms with Gasteiger partial charge in [0, 0.05) is 26.7 Å². The molecule has 0 radical (unpaired) electrons. The number of esters is 1. The normalized spacial score (nSPS) is 20.0. The van der Waals surface area contributed by atoms with Crippen LogP contribution in [-0.2, 0) is 19.6 Å². The molecule has 7 nitrogen and oxygen atoms in total. The van der Waals surface area contributed by atoms with Gasteiger partial charge in [0.2, 0.25) is 10.0 Å². The highest BCUT2D eigenvalue weighted by molar-refractivity contribution is 7.89. The summed E-state index contributed by atoms with van der Waals surface area (Å²) < 4.78 is 33.0. The molecule has 1 fully saturated rings. The standard InChI is InChI=1S/C27H39N3O4S/c1-4-28-26-20-23(27(31)34-5-2)16-18-30(26)19-17-24(22-12-8-6-9-13-22)21-29(3)35(32,33)25-14-10-7-11-15-25/h6-15,23-24,26,28H,4-5,16-21H2,1-3H3/t23?,24-,26-/m0/s1. The van der Waals surface area contributed by atoms with Gasteiger partial charge in [-0.25, -0.2) is 12.7 Å². The molecule has 1 unspecified atom stereocenters. The first-order chi connectivity index (χ1) is 16.9. The summed E-state index contributed by atoms with van der Waals surface area (Å²) >= 11 is 0. The number of carbonyl (C=O) groups excluding carboxylic acids is 1. The SMILES string of the molecule is CCN[C@@H]1CC(C(=O)OCC)CCN1CC[C@@H](CN(C)S(=O)(=O)c1ccccc1)c1ccccc1. The molecule has 0 saturated carbocycles. The van der Waals surface area contributed by atoms with Crippen molar-refractivity contribution in [1.29, 1.82) is 0 Å². The monoisotopic (exact) mass is 501 g/mol. The van der Waals surface area contributed by atoms with Crippen LogP contribution in [0.25, 0.3) is 0 Å². The third-order valence-corrected chi connectivity index (χ3v) is 8.58. The van der Waals surface area contributed by atoms with Gasteiger partial charge in [0.15, 0.2) is 0 Å². The summed E-state index contributed by atoms with van der Waals surface area (Å²) in [5.74, 6) is -0.142. The average molecular weight is 502 g/mol. The highest BCUT2D eigenvalue weighted by Gasteiger charge is 2.33. The fourth-order valence-electron chi connectivity index (χ4n) is 4.79. The highest BCUT2D eigenvalue weighted by atomic mass is 32.2. The Balaban J connectivity index is 1.71. The third kappa shape index (κ3) is 7.36. The summed E-state index contributed by atoms with van der Waals surface area (Å²) in [6.07, 6.45) is 2.42. The summed E-state index contributed by atoms with van der Waals surface area (Å²) in [6, 6.07) is 18.7. The lowest BCUT2D eigenvalue weighted by Gasteiger charge is -2.39. The maximum Gasteiger partial charge on any atom is 0.309 e. The van der Waals surface area contributed by atoms with E-state index in [2.05, 4.69) is 29.3 Å². The smallest absolute Gasteiger partial charge is 0.309 e. The number of hydrogen-bond acceptors (Lipinski definition) is 6. The van der Waals surface area contributed by atoms with Crippen LogP contribution >= 0.6 is 0 Å². The summed E-state index contributed by atoms with van der Waals surface area (Å²) in [4.78, 5) is 15.0. The molecule has 1 heterocycles. The van der Waals surface area contributed by atoms with E-state index in [-0.39, 0.29) is 24.0 Å². The first kappa shape index (κ1) is 27.3. The molecule has 2 aromatic carbocycles. The first-order valence-corrected chi connectivity index (χ1v) is 14.0. The topological polar surface area (TPSA) is 79.0 Å². The lowest BCUT2D eigenvalue weighted by atomic mass is 9.92. The van der Waals surface area contributed by atoms with Gasteiger partial charge in [0.25, 0.3) is 0 Å². The van der Waals surface area contributed by atoms with Crippen LogP contribution in [0.2, 0.25) is 0 Å². The predicted octanol–water partition coefficient (Wildman–Crippen LogP) is 3.69. The number of nitrogens with one attached hydrogen (secondary N) is 1. The van der Waals surface area contributed by atoms with Crippen LogP contribution in [0.5, 0.6) is 0 Å². The van der Waals surface area contributed by atoms with E-state index in [0.717, 1.165) is 44.5 Å². The molecular weight excluding hydrogens is 462 g/mol. The zero-order valence-electron chi connectivity index (χ0n) is 21.1. The average Bonchev–Trinajstić information content (AvgIpc) is 2.88. The molecule has 8 heteroatoms. The van der Waals surface area contributed by atoms with Gasteiger partial charge in [0.05, 0.1) is 23.6 Å². The molecule has 35 heavy (non-hydrogen) atoms. The second kappa shape index (κ2) is 13.2. The number of rotatable bonds is 12. The summed E-state index contributed by atoms with van der Waals surface area (Å²) in [5, 5.41) is 3.52. The van der Waals surface area contributed by atoms with Crippen molar-refractivity contribution in [3.05, 3.63) is 66.2 Å². The Morgan fingerprint density at radius 3 is 2.40 bits per heavy atom. The summed E-state index contributed by atoms with van der Waals surface area (Å²) in [5.41, 5.74) is 1.13. The second-order valence-corrected chi connectivity index (χ2v) is 11.1. The van der Waals surface area contributed by atoms with Crippen LogP contribution < -0.4 is 5.32 Å².